The Morgan fingerprint density at radius 1 is 1.04 bits per heavy atom. The number of amides is 1. The smallest absolute Gasteiger partial charge is 0.257 e. The summed E-state index contributed by atoms with van der Waals surface area (Å²) in [6, 6.07) is 13.7. The molecule has 0 fully saturated rings. The number of nitrogens with one attached hydrogen (secondary N) is 1. The van der Waals surface area contributed by atoms with Crippen LogP contribution in [0.2, 0.25) is 0 Å². The standard InChI is InChI=1S/C19H17FN2O/c1-13-11-22(2)12-17(13)19(23)21-18-6-4-3-5-16(18)14-7-9-15(20)10-8-14/h3-12H,1-2H3,(H,21,23). The minimum atomic E-state index is -0.282. The molecule has 0 aliphatic heterocycles. The van der Waals surface area contributed by atoms with Crippen molar-refractivity contribution in [2.24, 2.45) is 7.05 Å². The van der Waals surface area contributed by atoms with Crippen molar-refractivity contribution in [1.82, 2.24) is 4.57 Å². The van der Waals surface area contributed by atoms with Crippen LogP contribution < -0.4 is 5.32 Å². The zero-order chi connectivity index (χ0) is 16.4. The van der Waals surface area contributed by atoms with Crippen LogP contribution in [0, 0.1) is 12.7 Å². The Labute approximate surface area is 134 Å². The summed E-state index contributed by atoms with van der Waals surface area (Å²) < 4.78 is 15.0. The van der Waals surface area contributed by atoms with Gasteiger partial charge in [-0.25, -0.2) is 4.39 Å². The van der Waals surface area contributed by atoms with Crippen LogP contribution in [0.15, 0.2) is 60.9 Å². The summed E-state index contributed by atoms with van der Waals surface area (Å²) >= 11 is 0. The van der Waals surface area contributed by atoms with E-state index < -0.39 is 0 Å². The number of benzene rings is 2. The van der Waals surface area contributed by atoms with Gasteiger partial charge in [0, 0.05) is 30.7 Å². The number of anilines is 1. The summed E-state index contributed by atoms with van der Waals surface area (Å²) in [5.41, 5.74) is 3.97. The Hall–Kier alpha value is -2.88. The Kier molecular flexibility index (Phi) is 3.98. The number of aryl methyl sites for hydroxylation is 2. The van der Waals surface area contributed by atoms with Gasteiger partial charge in [-0.05, 0) is 36.2 Å². The fourth-order valence-corrected chi connectivity index (χ4v) is 2.62. The lowest BCUT2D eigenvalue weighted by Crippen LogP contribution is -2.13. The van der Waals surface area contributed by atoms with Crippen molar-refractivity contribution in [3.63, 3.8) is 0 Å². The first kappa shape index (κ1) is 15.0. The first-order chi connectivity index (χ1) is 11.0. The summed E-state index contributed by atoms with van der Waals surface area (Å²) in [4.78, 5) is 12.5. The number of para-hydroxylation sites is 1. The highest BCUT2D eigenvalue weighted by Crippen LogP contribution is 2.28. The summed E-state index contributed by atoms with van der Waals surface area (Å²) in [5.74, 6) is -0.437. The maximum atomic E-state index is 13.1. The SMILES string of the molecule is Cc1cn(C)cc1C(=O)Nc1ccccc1-c1ccc(F)cc1. The molecule has 0 aliphatic carbocycles. The van der Waals surface area contributed by atoms with E-state index in [1.807, 2.05) is 49.0 Å². The van der Waals surface area contributed by atoms with Gasteiger partial charge in [-0.15, -0.1) is 0 Å². The molecule has 2 aromatic carbocycles. The fourth-order valence-electron chi connectivity index (χ4n) is 2.62. The average Bonchev–Trinajstić information content (AvgIpc) is 2.87. The molecule has 1 amide bonds. The van der Waals surface area contributed by atoms with Crippen molar-refractivity contribution in [2.75, 3.05) is 5.32 Å². The van der Waals surface area contributed by atoms with E-state index in [0.717, 1.165) is 16.7 Å². The van der Waals surface area contributed by atoms with Crippen LogP contribution in [0.3, 0.4) is 0 Å². The Bertz CT molecular complexity index is 850. The number of hydrogen-bond donors (Lipinski definition) is 1. The van der Waals surface area contributed by atoms with Crippen LogP contribution >= 0.6 is 0 Å². The van der Waals surface area contributed by atoms with Crippen molar-refractivity contribution in [3.05, 3.63) is 77.9 Å². The quantitative estimate of drug-likeness (QED) is 0.765. The van der Waals surface area contributed by atoms with Gasteiger partial charge < -0.3 is 9.88 Å². The van der Waals surface area contributed by atoms with Crippen LogP contribution in [-0.4, -0.2) is 10.5 Å². The second kappa shape index (κ2) is 6.08. The largest absolute Gasteiger partial charge is 0.356 e. The normalized spacial score (nSPS) is 10.6. The van der Waals surface area contributed by atoms with Gasteiger partial charge >= 0.3 is 0 Å². The molecule has 0 radical (unpaired) electrons. The van der Waals surface area contributed by atoms with Gasteiger partial charge in [0.05, 0.1) is 5.56 Å². The minimum absolute atomic E-state index is 0.155. The minimum Gasteiger partial charge on any atom is -0.356 e. The molecule has 0 atom stereocenters. The van der Waals surface area contributed by atoms with E-state index in [1.165, 1.54) is 12.1 Å². The number of hydrogen-bond acceptors (Lipinski definition) is 1. The molecule has 1 aromatic heterocycles. The number of halogens is 1. The molecule has 3 nitrogen and oxygen atoms in total. The predicted molar refractivity (Wildman–Crippen MR) is 89.9 cm³/mol. The van der Waals surface area contributed by atoms with E-state index in [2.05, 4.69) is 5.32 Å². The summed E-state index contributed by atoms with van der Waals surface area (Å²) in [6.07, 6.45) is 3.70. The Morgan fingerprint density at radius 3 is 2.39 bits per heavy atom. The maximum Gasteiger partial charge on any atom is 0.257 e. The van der Waals surface area contributed by atoms with Gasteiger partial charge in [0.15, 0.2) is 0 Å². The zero-order valence-corrected chi connectivity index (χ0v) is 13.0. The first-order valence-electron chi connectivity index (χ1n) is 7.33. The Balaban J connectivity index is 1.93. The molecule has 0 saturated heterocycles. The van der Waals surface area contributed by atoms with Gasteiger partial charge in [0.2, 0.25) is 0 Å². The van der Waals surface area contributed by atoms with Crippen LogP contribution in [0.25, 0.3) is 11.1 Å². The molecular weight excluding hydrogens is 291 g/mol. The molecule has 0 saturated carbocycles. The second-order valence-corrected chi connectivity index (χ2v) is 5.53. The van der Waals surface area contributed by atoms with E-state index >= 15 is 0 Å². The van der Waals surface area contributed by atoms with Crippen LogP contribution in [0.1, 0.15) is 15.9 Å². The molecule has 1 heterocycles. The third-order valence-corrected chi connectivity index (χ3v) is 3.73. The molecule has 1 N–H and O–H groups in total. The first-order valence-corrected chi connectivity index (χ1v) is 7.33. The Morgan fingerprint density at radius 2 is 1.74 bits per heavy atom. The third kappa shape index (κ3) is 3.16. The molecule has 0 unspecified atom stereocenters. The van der Waals surface area contributed by atoms with E-state index in [-0.39, 0.29) is 11.7 Å². The highest BCUT2D eigenvalue weighted by Gasteiger charge is 2.13. The van der Waals surface area contributed by atoms with Crippen LogP contribution in [0.5, 0.6) is 0 Å². The van der Waals surface area contributed by atoms with Gasteiger partial charge in [0.1, 0.15) is 5.82 Å². The van der Waals surface area contributed by atoms with Crippen molar-refractivity contribution < 1.29 is 9.18 Å². The average molecular weight is 308 g/mol. The van der Waals surface area contributed by atoms with E-state index in [4.69, 9.17) is 0 Å². The monoisotopic (exact) mass is 308 g/mol. The molecule has 4 heteroatoms. The summed E-state index contributed by atoms with van der Waals surface area (Å²) in [5, 5.41) is 2.95. The summed E-state index contributed by atoms with van der Waals surface area (Å²) in [7, 11) is 1.89. The molecular formula is C19H17FN2O. The third-order valence-electron chi connectivity index (χ3n) is 3.73. The van der Waals surface area contributed by atoms with Crippen molar-refractivity contribution in [1.29, 1.82) is 0 Å². The highest BCUT2D eigenvalue weighted by atomic mass is 19.1. The fraction of sp³-hybridized carbons (Fsp3) is 0.105. The molecule has 0 spiro atoms. The van der Waals surface area contributed by atoms with Gasteiger partial charge in [-0.1, -0.05) is 30.3 Å². The highest BCUT2D eigenvalue weighted by molar-refractivity contribution is 6.07. The second-order valence-electron chi connectivity index (χ2n) is 5.53. The van der Waals surface area contributed by atoms with Gasteiger partial charge in [-0.2, -0.15) is 0 Å². The lowest BCUT2D eigenvalue weighted by molar-refractivity contribution is 0.102. The number of carbonyl (C=O) groups is 1. The van der Waals surface area contributed by atoms with Crippen molar-refractivity contribution in [2.45, 2.75) is 6.92 Å². The van der Waals surface area contributed by atoms with Crippen molar-refractivity contribution >= 4 is 11.6 Å². The number of rotatable bonds is 3. The van der Waals surface area contributed by atoms with Crippen molar-refractivity contribution in [3.8, 4) is 11.1 Å². The summed E-state index contributed by atoms with van der Waals surface area (Å²) in [6.45, 7) is 1.90. The lowest BCUT2D eigenvalue weighted by atomic mass is 10.0. The van der Waals surface area contributed by atoms with Gasteiger partial charge in [-0.3, -0.25) is 4.79 Å². The number of aromatic nitrogens is 1. The van der Waals surface area contributed by atoms with E-state index in [9.17, 15) is 9.18 Å². The van der Waals surface area contributed by atoms with E-state index in [1.54, 1.807) is 18.3 Å². The molecule has 0 aliphatic rings. The van der Waals surface area contributed by atoms with Crippen LogP contribution in [0.4, 0.5) is 10.1 Å². The maximum absolute atomic E-state index is 13.1. The zero-order valence-electron chi connectivity index (χ0n) is 13.0. The van der Waals surface area contributed by atoms with E-state index in [0.29, 0.717) is 11.3 Å². The lowest BCUT2D eigenvalue weighted by Gasteiger charge is -2.11. The molecule has 23 heavy (non-hydrogen) atoms. The molecule has 116 valence electrons. The number of nitrogens with zero attached hydrogens (tertiary/aromatic N) is 1. The topological polar surface area (TPSA) is 34.0 Å². The molecule has 3 rings (SSSR count). The number of carbonyl (C=O) groups excluding carboxylic acids is 1. The predicted octanol–water partition coefficient (Wildman–Crippen LogP) is 4.39. The van der Waals surface area contributed by atoms with Crippen LogP contribution in [-0.2, 0) is 7.05 Å². The molecule has 0 bridgehead atoms. The molecule has 3 aromatic rings. The van der Waals surface area contributed by atoms with Gasteiger partial charge in [0.25, 0.3) is 5.91 Å².